The van der Waals surface area contributed by atoms with Gasteiger partial charge in [-0.1, -0.05) is 32.0 Å². The highest BCUT2D eigenvalue weighted by atomic mass is 16.4. The molecule has 4 nitrogen and oxygen atoms in total. The van der Waals surface area contributed by atoms with E-state index in [1.165, 1.54) is 29.5 Å². The van der Waals surface area contributed by atoms with Gasteiger partial charge in [-0.25, -0.2) is 4.79 Å². The Labute approximate surface area is 117 Å². The quantitative estimate of drug-likeness (QED) is 0.901. The molecule has 0 spiro atoms. The molecule has 1 aromatic carbocycles. The van der Waals surface area contributed by atoms with Crippen molar-refractivity contribution in [2.45, 2.75) is 38.5 Å². The van der Waals surface area contributed by atoms with Gasteiger partial charge in [0.15, 0.2) is 5.69 Å². The lowest BCUT2D eigenvalue weighted by Gasteiger charge is -2.24. The Morgan fingerprint density at radius 3 is 2.70 bits per heavy atom. The van der Waals surface area contributed by atoms with Crippen molar-refractivity contribution in [3.05, 3.63) is 52.3 Å². The summed E-state index contributed by atoms with van der Waals surface area (Å²) in [7, 11) is 0. The number of nitrogens with one attached hydrogen (secondary N) is 1. The molecule has 1 aliphatic carbocycles. The minimum atomic E-state index is -1.00. The summed E-state index contributed by atoms with van der Waals surface area (Å²) in [5.41, 5.74) is 4.67. The minimum Gasteiger partial charge on any atom is -0.476 e. The third kappa shape index (κ3) is 2.01. The average molecular weight is 270 g/mol. The number of aromatic amines is 1. The van der Waals surface area contributed by atoms with Gasteiger partial charge in [0.1, 0.15) is 0 Å². The molecule has 0 amide bonds. The van der Waals surface area contributed by atoms with Gasteiger partial charge in [0.2, 0.25) is 0 Å². The van der Waals surface area contributed by atoms with Crippen LogP contribution in [0.15, 0.2) is 24.3 Å². The van der Waals surface area contributed by atoms with E-state index in [2.05, 4.69) is 42.2 Å². The van der Waals surface area contributed by atoms with Gasteiger partial charge >= 0.3 is 5.97 Å². The van der Waals surface area contributed by atoms with E-state index in [4.69, 9.17) is 5.11 Å². The predicted octanol–water partition coefficient (Wildman–Crippen LogP) is 2.92. The highest BCUT2D eigenvalue weighted by molar-refractivity contribution is 5.85. The van der Waals surface area contributed by atoms with Gasteiger partial charge < -0.3 is 5.11 Å². The van der Waals surface area contributed by atoms with Gasteiger partial charge in [-0.15, -0.1) is 0 Å². The van der Waals surface area contributed by atoms with Gasteiger partial charge in [0.05, 0.1) is 0 Å². The number of carboxylic acids is 1. The first-order chi connectivity index (χ1) is 9.48. The maximum Gasteiger partial charge on any atom is 0.356 e. The van der Waals surface area contributed by atoms with Crippen LogP contribution in [0.1, 0.15) is 53.1 Å². The summed E-state index contributed by atoms with van der Waals surface area (Å²) in [5.74, 6) is -1.00. The van der Waals surface area contributed by atoms with Crippen LogP contribution >= 0.6 is 0 Å². The van der Waals surface area contributed by atoms with Crippen molar-refractivity contribution in [3.63, 3.8) is 0 Å². The second kappa shape index (κ2) is 4.47. The molecule has 2 N–H and O–H groups in total. The normalized spacial score (nSPS) is 14.3. The van der Waals surface area contributed by atoms with E-state index >= 15 is 0 Å². The van der Waals surface area contributed by atoms with Gasteiger partial charge in [-0.05, 0) is 42.0 Å². The Bertz CT molecular complexity index is 671. The lowest BCUT2D eigenvalue weighted by Crippen LogP contribution is -2.19. The van der Waals surface area contributed by atoms with Gasteiger partial charge in [0, 0.05) is 11.1 Å². The maximum absolute atomic E-state index is 10.9. The summed E-state index contributed by atoms with van der Waals surface area (Å²) in [6.45, 7) is 4.17. The van der Waals surface area contributed by atoms with Crippen molar-refractivity contribution in [3.8, 4) is 0 Å². The molecule has 1 aliphatic rings. The summed E-state index contributed by atoms with van der Waals surface area (Å²) in [4.78, 5) is 10.9. The zero-order chi connectivity index (χ0) is 14.3. The first-order valence-corrected chi connectivity index (χ1v) is 6.90. The number of carbonyl (C=O) groups is 1. The largest absolute Gasteiger partial charge is 0.476 e. The summed E-state index contributed by atoms with van der Waals surface area (Å²) >= 11 is 0. The van der Waals surface area contributed by atoms with Crippen LogP contribution in [-0.2, 0) is 18.3 Å². The van der Waals surface area contributed by atoms with E-state index in [1.807, 2.05) is 0 Å². The molecule has 1 aromatic heterocycles. The number of aromatic nitrogens is 2. The SMILES string of the molecule is CC(C)(c1ccc2c(c1)CCC2)c1cc(C(=O)O)n[nH]1. The van der Waals surface area contributed by atoms with Crippen LogP contribution in [0.4, 0.5) is 0 Å². The number of benzene rings is 1. The van der Waals surface area contributed by atoms with Crippen LogP contribution in [-0.4, -0.2) is 21.3 Å². The second-order valence-electron chi connectivity index (χ2n) is 5.93. The smallest absolute Gasteiger partial charge is 0.356 e. The van der Waals surface area contributed by atoms with Crippen molar-refractivity contribution in [1.29, 1.82) is 0 Å². The molecule has 20 heavy (non-hydrogen) atoms. The van der Waals surface area contributed by atoms with Crippen LogP contribution in [0.2, 0.25) is 0 Å². The van der Waals surface area contributed by atoms with Crippen LogP contribution in [0.5, 0.6) is 0 Å². The van der Waals surface area contributed by atoms with Crippen molar-refractivity contribution in [1.82, 2.24) is 10.2 Å². The van der Waals surface area contributed by atoms with Crippen molar-refractivity contribution >= 4 is 5.97 Å². The molecule has 0 bridgehead atoms. The summed E-state index contributed by atoms with van der Waals surface area (Å²) < 4.78 is 0. The van der Waals surface area contributed by atoms with Crippen molar-refractivity contribution < 1.29 is 9.90 Å². The number of carboxylic acid groups (broad SMARTS) is 1. The third-order valence-corrected chi connectivity index (χ3v) is 4.29. The highest BCUT2D eigenvalue weighted by Gasteiger charge is 2.27. The molecule has 0 saturated heterocycles. The lowest BCUT2D eigenvalue weighted by molar-refractivity contribution is 0.0690. The monoisotopic (exact) mass is 270 g/mol. The van der Waals surface area contributed by atoms with Crippen LogP contribution in [0.3, 0.4) is 0 Å². The second-order valence-corrected chi connectivity index (χ2v) is 5.93. The Morgan fingerprint density at radius 1 is 1.25 bits per heavy atom. The van der Waals surface area contributed by atoms with E-state index in [9.17, 15) is 4.79 Å². The predicted molar refractivity (Wildman–Crippen MR) is 76.1 cm³/mol. The van der Waals surface area contributed by atoms with E-state index in [0.29, 0.717) is 0 Å². The Balaban J connectivity index is 2.00. The van der Waals surface area contributed by atoms with E-state index in [-0.39, 0.29) is 11.1 Å². The van der Waals surface area contributed by atoms with Crippen molar-refractivity contribution in [2.75, 3.05) is 0 Å². The summed E-state index contributed by atoms with van der Waals surface area (Å²) in [5, 5.41) is 15.7. The Hall–Kier alpha value is -2.10. The number of nitrogens with zero attached hydrogens (tertiary/aromatic N) is 1. The molecule has 0 fully saturated rings. The highest BCUT2D eigenvalue weighted by Crippen LogP contribution is 2.33. The molecule has 0 radical (unpaired) electrons. The molecular formula is C16H18N2O2. The van der Waals surface area contributed by atoms with E-state index < -0.39 is 5.97 Å². The number of rotatable bonds is 3. The average Bonchev–Trinajstić information content (AvgIpc) is 3.07. The zero-order valence-electron chi connectivity index (χ0n) is 11.7. The minimum absolute atomic E-state index is 0.0641. The zero-order valence-corrected chi connectivity index (χ0v) is 11.7. The van der Waals surface area contributed by atoms with E-state index in [1.54, 1.807) is 6.07 Å². The molecule has 1 heterocycles. The molecule has 3 rings (SSSR count). The summed E-state index contributed by atoms with van der Waals surface area (Å²) in [6, 6.07) is 8.22. The standard InChI is InChI=1S/C16H18N2O2/c1-16(2,14-9-13(15(19)20)17-18-14)12-7-6-10-4-3-5-11(10)8-12/h6-9H,3-5H2,1-2H3,(H,17,18)(H,19,20). The molecule has 0 atom stereocenters. The molecule has 104 valence electrons. The van der Waals surface area contributed by atoms with Gasteiger partial charge in [-0.2, -0.15) is 5.10 Å². The number of H-pyrrole nitrogens is 1. The van der Waals surface area contributed by atoms with Gasteiger partial charge in [-0.3, -0.25) is 5.10 Å². The fourth-order valence-electron chi connectivity index (χ4n) is 2.87. The van der Waals surface area contributed by atoms with Crippen LogP contribution in [0.25, 0.3) is 0 Å². The Morgan fingerprint density at radius 2 is 2.00 bits per heavy atom. The number of hydrogen-bond donors (Lipinski definition) is 2. The van der Waals surface area contributed by atoms with Crippen LogP contribution in [0, 0.1) is 0 Å². The molecule has 4 heteroatoms. The third-order valence-electron chi connectivity index (χ3n) is 4.29. The summed E-state index contributed by atoms with van der Waals surface area (Å²) in [6.07, 6.45) is 3.54. The number of hydrogen-bond acceptors (Lipinski definition) is 2. The molecule has 0 unspecified atom stereocenters. The topological polar surface area (TPSA) is 66.0 Å². The number of fused-ring (bicyclic) bond motifs is 1. The molecule has 0 saturated carbocycles. The first-order valence-electron chi connectivity index (χ1n) is 6.90. The molecular weight excluding hydrogens is 252 g/mol. The number of aryl methyl sites for hydroxylation is 2. The lowest BCUT2D eigenvalue weighted by atomic mass is 9.80. The maximum atomic E-state index is 10.9. The van der Waals surface area contributed by atoms with Crippen molar-refractivity contribution in [2.24, 2.45) is 0 Å². The Kier molecular flexibility index (Phi) is 2.89. The first kappa shape index (κ1) is 12.9. The van der Waals surface area contributed by atoms with Gasteiger partial charge in [0.25, 0.3) is 0 Å². The molecule has 0 aliphatic heterocycles. The fourth-order valence-corrected chi connectivity index (χ4v) is 2.87. The molecule has 2 aromatic rings. The fraction of sp³-hybridized carbons (Fsp3) is 0.375. The number of aromatic carboxylic acids is 1. The van der Waals surface area contributed by atoms with E-state index in [0.717, 1.165) is 12.1 Å². The van der Waals surface area contributed by atoms with Crippen LogP contribution < -0.4 is 0 Å².